The van der Waals surface area contributed by atoms with Crippen LogP contribution in [0, 0.1) is 0 Å². The number of ether oxygens (including phenoxy) is 2. The molecule has 9 heteroatoms. The Morgan fingerprint density at radius 3 is 1.47 bits per heavy atom. The zero-order valence-corrected chi connectivity index (χ0v) is 15.5. The molecule has 0 amide bonds. The predicted octanol–water partition coefficient (Wildman–Crippen LogP) is 4.94. The van der Waals surface area contributed by atoms with Crippen LogP contribution in [-0.2, 0) is 17.8 Å². The molecule has 0 saturated carbocycles. The number of hydrogen-bond acceptors (Lipinski definition) is 2. The number of halogens is 6. The molecule has 0 radical (unpaired) electrons. The Kier molecular flexibility index (Phi) is 5.96. The van der Waals surface area contributed by atoms with Crippen LogP contribution in [0.4, 0.5) is 0 Å². The van der Waals surface area contributed by atoms with Crippen LogP contribution in [0.2, 0.25) is 0 Å². The predicted molar refractivity (Wildman–Crippen MR) is 65.9 cm³/mol. The fourth-order valence-electron chi connectivity index (χ4n) is 0.738. The van der Waals surface area contributed by atoms with Gasteiger partial charge in [-0.05, 0) is 0 Å². The summed E-state index contributed by atoms with van der Waals surface area (Å²) in [5.41, 5.74) is 0. The molecule has 0 aliphatic rings. The van der Waals surface area contributed by atoms with Crippen LogP contribution in [0.1, 0.15) is 13.8 Å². The Morgan fingerprint density at radius 1 is 0.933 bits per heavy atom. The van der Waals surface area contributed by atoms with Crippen molar-refractivity contribution in [2.75, 3.05) is 13.2 Å². The zero-order chi connectivity index (χ0) is 12.4. The van der Waals surface area contributed by atoms with Crippen molar-refractivity contribution in [2.45, 2.75) is 23.9 Å². The first-order chi connectivity index (χ1) is 6.42. The molecule has 0 aliphatic carbocycles. The van der Waals surface area contributed by atoms with Crippen molar-refractivity contribution >= 4 is 58.7 Å². The van der Waals surface area contributed by atoms with Gasteiger partial charge in [0.05, 0.1) is 0 Å². The summed E-state index contributed by atoms with van der Waals surface area (Å²) in [4.78, 5) is 0. The van der Waals surface area contributed by atoms with Crippen LogP contribution in [-0.4, -0.2) is 23.3 Å². The van der Waals surface area contributed by atoms with Gasteiger partial charge in [-0.3, -0.25) is 0 Å². The standard InChI is InChI=1S/C6H12ClO2.5ClH.W/c1-3-8-6(5-7)9-4-2;;;;;;/h5-6H,3-4H2,1-2H3;5*1H;/q;;;;;;+5/p-5. The van der Waals surface area contributed by atoms with E-state index in [0.717, 1.165) is 0 Å². The average Bonchev–Trinajstić information content (AvgIpc) is 1.98. The van der Waals surface area contributed by atoms with Crippen LogP contribution in [0.5, 0.6) is 0 Å². The van der Waals surface area contributed by atoms with Gasteiger partial charge in [-0.1, -0.05) is 0 Å². The van der Waals surface area contributed by atoms with Gasteiger partial charge in [-0.2, -0.15) is 0 Å². The summed E-state index contributed by atoms with van der Waals surface area (Å²) in [6.45, 7) is 4.20. The molecule has 0 N–H and O–H groups in total. The van der Waals surface area contributed by atoms with Gasteiger partial charge in [-0.25, -0.2) is 0 Å². The van der Waals surface area contributed by atoms with E-state index in [4.69, 9.17) is 68.2 Å². The normalized spacial score (nSPS) is 19.8. The Morgan fingerprint density at radius 2 is 1.27 bits per heavy atom. The van der Waals surface area contributed by atoms with E-state index < -0.39 is 18.4 Å². The van der Waals surface area contributed by atoms with Crippen molar-refractivity contribution in [3.05, 3.63) is 0 Å². The molecule has 1 atom stereocenters. The molecule has 2 nitrogen and oxygen atoms in total. The van der Waals surface area contributed by atoms with Crippen molar-refractivity contribution in [1.29, 1.82) is 0 Å². The molecule has 15 heavy (non-hydrogen) atoms. The second-order valence-electron chi connectivity index (χ2n) is 2.66. The first-order valence-corrected chi connectivity index (χ1v) is 24.3. The quantitative estimate of drug-likeness (QED) is 0.371. The Balaban J connectivity index is 4.87. The molecule has 0 aromatic carbocycles. The Labute approximate surface area is 112 Å². The SMILES string of the molecule is CCOC(OCC)[CH](Cl)[W]([Cl])([Cl])([Cl])([Cl])[Cl]. The topological polar surface area (TPSA) is 18.5 Å². The van der Waals surface area contributed by atoms with Crippen molar-refractivity contribution in [3.63, 3.8) is 0 Å². The molecule has 0 heterocycles. The van der Waals surface area contributed by atoms with Crippen LogP contribution in [0.25, 0.3) is 0 Å². The summed E-state index contributed by atoms with van der Waals surface area (Å²) in [5, 5.41) is 0. The van der Waals surface area contributed by atoms with Crippen LogP contribution >= 0.6 is 58.7 Å². The van der Waals surface area contributed by atoms with E-state index in [2.05, 4.69) is 0 Å². The fraction of sp³-hybridized carbons (Fsp3) is 1.00. The van der Waals surface area contributed by atoms with Crippen LogP contribution in [0.3, 0.4) is 0 Å². The molecule has 0 rings (SSSR count). The molecule has 0 aromatic rings. The summed E-state index contributed by atoms with van der Waals surface area (Å²) >= 11 is 5.94. The summed E-state index contributed by atoms with van der Waals surface area (Å²) < 4.78 is 9.15. The minimum absolute atomic E-state index is 0.347. The van der Waals surface area contributed by atoms with E-state index in [-0.39, 0.29) is 0 Å². The van der Waals surface area contributed by atoms with Gasteiger partial charge in [0.1, 0.15) is 0 Å². The Hall–Kier alpha value is 2.35. The number of hydrogen-bond donors (Lipinski definition) is 0. The van der Waals surface area contributed by atoms with Crippen LogP contribution < -0.4 is 0 Å². The first kappa shape index (κ1) is 17.3. The minimum atomic E-state index is -5.92. The van der Waals surface area contributed by atoms with E-state index in [1.807, 2.05) is 0 Å². The molecule has 0 aromatic heterocycles. The van der Waals surface area contributed by atoms with Gasteiger partial charge in [-0.15, -0.1) is 0 Å². The second-order valence-corrected chi connectivity index (χ2v) is 58.9. The van der Waals surface area contributed by atoms with Gasteiger partial charge in [0.2, 0.25) is 0 Å². The maximum atomic E-state index is 5.94. The summed E-state index contributed by atoms with van der Waals surface area (Å²) in [7, 11) is 23.2. The third-order valence-corrected chi connectivity index (χ3v) is 20.6. The van der Waals surface area contributed by atoms with Crippen LogP contribution in [0.15, 0.2) is 0 Å². The maximum absolute atomic E-state index is 5.94. The molecule has 0 spiro atoms. The molecule has 1 unspecified atom stereocenters. The summed E-state index contributed by atoms with van der Waals surface area (Å²) in [6.07, 6.45) is -0.930. The monoisotopic (exact) mass is 510 g/mol. The molecule has 96 valence electrons. The fourth-order valence-corrected chi connectivity index (χ4v) is 6.39. The van der Waals surface area contributed by atoms with Crippen molar-refractivity contribution in [1.82, 2.24) is 0 Å². The van der Waals surface area contributed by atoms with Crippen molar-refractivity contribution in [3.8, 4) is 0 Å². The van der Waals surface area contributed by atoms with Gasteiger partial charge < -0.3 is 0 Å². The van der Waals surface area contributed by atoms with Crippen molar-refractivity contribution in [2.24, 2.45) is 0 Å². The van der Waals surface area contributed by atoms with Gasteiger partial charge in [0.15, 0.2) is 0 Å². The third kappa shape index (κ3) is 6.74. The summed E-state index contributed by atoms with van der Waals surface area (Å²) in [6, 6.07) is 0. The van der Waals surface area contributed by atoms with Gasteiger partial charge in [0.25, 0.3) is 0 Å². The van der Waals surface area contributed by atoms with Crippen molar-refractivity contribution < 1.29 is 17.8 Å². The van der Waals surface area contributed by atoms with E-state index in [1.54, 1.807) is 13.8 Å². The van der Waals surface area contributed by atoms with Gasteiger partial charge >= 0.3 is 114 Å². The van der Waals surface area contributed by atoms with Gasteiger partial charge in [0, 0.05) is 0 Å². The second kappa shape index (κ2) is 5.15. The number of alkyl halides is 1. The van der Waals surface area contributed by atoms with E-state index in [0.29, 0.717) is 13.2 Å². The molecular weight excluding hydrogens is 501 g/mol. The molecular formula is C6H12Cl6O2W. The molecule has 0 saturated heterocycles. The third-order valence-electron chi connectivity index (χ3n) is 1.30. The Bertz CT molecular complexity index is 207. The zero-order valence-electron chi connectivity index (χ0n) is 8.06. The van der Waals surface area contributed by atoms with E-state index in [9.17, 15) is 0 Å². The average molecular weight is 513 g/mol. The number of rotatable bonds is 6. The van der Waals surface area contributed by atoms with E-state index >= 15 is 0 Å². The first-order valence-electron chi connectivity index (χ1n) is 4.02. The summed E-state index contributed by atoms with van der Waals surface area (Å²) in [5.74, 6) is 0. The molecule has 0 fully saturated rings. The molecule has 0 bridgehead atoms. The van der Waals surface area contributed by atoms with E-state index in [1.165, 1.54) is 0 Å². The molecule has 0 aliphatic heterocycles.